The quantitative estimate of drug-likeness (QED) is 0.854. The first-order valence-corrected chi connectivity index (χ1v) is 6.94. The van der Waals surface area contributed by atoms with Crippen LogP contribution in [-0.4, -0.2) is 29.2 Å². The van der Waals surface area contributed by atoms with Gasteiger partial charge in [0.25, 0.3) is 0 Å². The van der Waals surface area contributed by atoms with Crippen molar-refractivity contribution in [2.75, 3.05) is 12.4 Å². The van der Waals surface area contributed by atoms with Crippen LogP contribution in [0.4, 0.5) is 5.82 Å². The lowest BCUT2D eigenvalue weighted by Crippen LogP contribution is -2.31. The maximum Gasteiger partial charge on any atom is 0.326 e. The molecule has 1 unspecified atom stereocenters. The molecule has 0 amide bonds. The summed E-state index contributed by atoms with van der Waals surface area (Å²) in [6.07, 6.45) is 2.19. The van der Waals surface area contributed by atoms with Gasteiger partial charge in [-0.15, -0.1) is 0 Å². The maximum atomic E-state index is 11.4. The first-order valence-electron chi connectivity index (χ1n) is 6.94. The Morgan fingerprint density at radius 1 is 1.33 bits per heavy atom. The van der Waals surface area contributed by atoms with Gasteiger partial charge in [-0.3, -0.25) is 0 Å². The van der Waals surface area contributed by atoms with Crippen molar-refractivity contribution in [1.29, 1.82) is 0 Å². The lowest BCUT2D eigenvalue weighted by atomic mass is 10.0. The molecule has 0 aliphatic heterocycles. The molecule has 0 spiro atoms. The molecule has 0 fully saturated rings. The number of hydrogen-bond donors (Lipinski definition) is 2. The summed E-state index contributed by atoms with van der Waals surface area (Å²) in [5, 5.41) is 14.1. The highest BCUT2D eigenvalue weighted by Crippen LogP contribution is 2.29. The van der Waals surface area contributed by atoms with Crippen LogP contribution in [0.2, 0.25) is 0 Å². The van der Waals surface area contributed by atoms with Crippen LogP contribution in [0.5, 0.6) is 5.75 Å². The molecule has 1 aromatic heterocycles. The SMILES string of the molecule is COc1cccc2c(NC(CC(C)C)C(=O)O)nccc12. The van der Waals surface area contributed by atoms with Crippen LogP contribution < -0.4 is 10.1 Å². The number of carbonyl (C=O) groups is 1. The number of pyridine rings is 1. The van der Waals surface area contributed by atoms with Crippen molar-refractivity contribution in [2.45, 2.75) is 26.3 Å². The van der Waals surface area contributed by atoms with Gasteiger partial charge >= 0.3 is 5.97 Å². The van der Waals surface area contributed by atoms with E-state index in [2.05, 4.69) is 10.3 Å². The Morgan fingerprint density at radius 2 is 2.10 bits per heavy atom. The molecule has 112 valence electrons. The third kappa shape index (κ3) is 3.42. The molecule has 2 rings (SSSR count). The summed E-state index contributed by atoms with van der Waals surface area (Å²) in [7, 11) is 1.61. The predicted octanol–water partition coefficient (Wildman–Crippen LogP) is 3.15. The lowest BCUT2D eigenvalue weighted by molar-refractivity contribution is -0.138. The monoisotopic (exact) mass is 288 g/mol. The molecule has 21 heavy (non-hydrogen) atoms. The second-order valence-electron chi connectivity index (χ2n) is 5.38. The Labute approximate surface area is 124 Å². The summed E-state index contributed by atoms with van der Waals surface area (Å²) in [4.78, 5) is 15.7. The zero-order chi connectivity index (χ0) is 15.4. The largest absolute Gasteiger partial charge is 0.496 e. The van der Waals surface area contributed by atoms with Gasteiger partial charge in [-0.1, -0.05) is 26.0 Å². The van der Waals surface area contributed by atoms with Crippen molar-refractivity contribution in [3.8, 4) is 5.75 Å². The molecule has 0 bridgehead atoms. The predicted molar refractivity (Wildman–Crippen MR) is 82.8 cm³/mol. The van der Waals surface area contributed by atoms with E-state index >= 15 is 0 Å². The van der Waals surface area contributed by atoms with Gasteiger partial charge in [-0.25, -0.2) is 9.78 Å². The minimum absolute atomic E-state index is 0.281. The minimum Gasteiger partial charge on any atom is -0.496 e. The molecule has 1 aromatic carbocycles. The van der Waals surface area contributed by atoms with E-state index in [1.165, 1.54) is 0 Å². The second-order valence-corrected chi connectivity index (χ2v) is 5.38. The fraction of sp³-hybridized carbons (Fsp3) is 0.375. The van der Waals surface area contributed by atoms with Crippen LogP contribution in [0.1, 0.15) is 20.3 Å². The van der Waals surface area contributed by atoms with Crippen LogP contribution in [0.3, 0.4) is 0 Å². The number of ether oxygens (including phenoxy) is 1. The first kappa shape index (κ1) is 15.1. The standard InChI is InChI=1S/C16H20N2O3/c1-10(2)9-13(16(19)20)18-15-12-5-4-6-14(21-3)11(12)7-8-17-15/h4-8,10,13H,9H2,1-3H3,(H,17,18)(H,19,20). The summed E-state index contributed by atoms with van der Waals surface area (Å²) in [6, 6.07) is 6.84. The molecule has 1 heterocycles. The number of carboxylic acids is 1. The van der Waals surface area contributed by atoms with Gasteiger partial charge in [0.2, 0.25) is 0 Å². The van der Waals surface area contributed by atoms with Gasteiger partial charge in [-0.2, -0.15) is 0 Å². The molecule has 5 nitrogen and oxygen atoms in total. The van der Waals surface area contributed by atoms with E-state index in [9.17, 15) is 9.90 Å². The van der Waals surface area contributed by atoms with E-state index in [1.54, 1.807) is 13.3 Å². The number of benzene rings is 1. The Balaban J connectivity index is 2.39. The van der Waals surface area contributed by atoms with Crippen molar-refractivity contribution in [2.24, 2.45) is 5.92 Å². The van der Waals surface area contributed by atoms with Gasteiger partial charge in [0.15, 0.2) is 0 Å². The van der Waals surface area contributed by atoms with E-state index in [4.69, 9.17) is 4.74 Å². The number of hydrogen-bond acceptors (Lipinski definition) is 4. The normalized spacial score (nSPS) is 12.4. The van der Waals surface area contributed by atoms with Crippen molar-refractivity contribution < 1.29 is 14.6 Å². The molecule has 5 heteroatoms. The highest BCUT2D eigenvalue weighted by molar-refractivity contribution is 5.96. The van der Waals surface area contributed by atoms with Gasteiger partial charge in [0.1, 0.15) is 17.6 Å². The van der Waals surface area contributed by atoms with Crippen LogP contribution in [0.15, 0.2) is 30.5 Å². The van der Waals surface area contributed by atoms with Crippen molar-refractivity contribution >= 4 is 22.6 Å². The number of aliphatic carboxylic acids is 1. The van der Waals surface area contributed by atoms with Crippen molar-refractivity contribution in [1.82, 2.24) is 4.98 Å². The molecule has 0 aliphatic carbocycles. The highest BCUT2D eigenvalue weighted by atomic mass is 16.5. The molecular formula is C16H20N2O3. The number of rotatable bonds is 6. The summed E-state index contributed by atoms with van der Waals surface area (Å²) in [5.74, 6) is 0.724. The molecule has 2 aromatic rings. The second kappa shape index (κ2) is 6.43. The average molecular weight is 288 g/mol. The summed E-state index contributed by atoms with van der Waals surface area (Å²) in [6.45, 7) is 3.99. The van der Waals surface area contributed by atoms with E-state index in [-0.39, 0.29) is 5.92 Å². The smallest absolute Gasteiger partial charge is 0.326 e. The average Bonchev–Trinajstić information content (AvgIpc) is 2.45. The lowest BCUT2D eigenvalue weighted by Gasteiger charge is -2.18. The number of nitrogens with zero attached hydrogens (tertiary/aromatic N) is 1. The molecule has 0 saturated heterocycles. The van der Waals surface area contributed by atoms with Crippen molar-refractivity contribution in [3.63, 3.8) is 0 Å². The van der Waals surface area contributed by atoms with Gasteiger partial charge in [0.05, 0.1) is 7.11 Å². The van der Waals surface area contributed by atoms with Crippen LogP contribution in [0.25, 0.3) is 10.8 Å². The Kier molecular flexibility index (Phi) is 4.62. The summed E-state index contributed by atoms with van der Waals surface area (Å²) in [5.41, 5.74) is 0. The molecule has 0 radical (unpaired) electrons. The van der Waals surface area contributed by atoms with E-state index in [1.807, 2.05) is 38.1 Å². The number of aromatic nitrogens is 1. The summed E-state index contributed by atoms with van der Waals surface area (Å²) < 4.78 is 5.33. The number of nitrogens with one attached hydrogen (secondary N) is 1. The zero-order valence-corrected chi connectivity index (χ0v) is 12.5. The number of fused-ring (bicyclic) bond motifs is 1. The van der Waals surface area contributed by atoms with E-state index in [0.29, 0.717) is 12.2 Å². The number of carboxylic acid groups (broad SMARTS) is 1. The van der Waals surface area contributed by atoms with Gasteiger partial charge in [-0.05, 0) is 24.5 Å². The van der Waals surface area contributed by atoms with E-state index < -0.39 is 12.0 Å². The number of methoxy groups -OCH3 is 1. The Hall–Kier alpha value is -2.30. The van der Waals surface area contributed by atoms with Crippen LogP contribution >= 0.6 is 0 Å². The first-order chi connectivity index (χ1) is 10.0. The summed E-state index contributed by atoms with van der Waals surface area (Å²) >= 11 is 0. The number of anilines is 1. The van der Waals surface area contributed by atoms with E-state index in [0.717, 1.165) is 16.5 Å². The molecule has 0 aliphatic rings. The van der Waals surface area contributed by atoms with Crippen LogP contribution in [0, 0.1) is 5.92 Å². The molecular weight excluding hydrogens is 268 g/mol. The fourth-order valence-corrected chi connectivity index (χ4v) is 2.33. The molecule has 0 saturated carbocycles. The fourth-order valence-electron chi connectivity index (χ4n) is 2.33. The maximum absolute atomic E-state index is 11.4. The van der Waals surface area contributed by atoms with Gasteiger partial charge < -0.3 is 15.2 Å². The minimum atomic E-state index is -0.870. The molecule has 2 N–H and O–H groups in total. The van der Waals surface area contributed by atoms with Gasteiger partial charge in [0, 0.05) is 17.0 Å². The highest BCUT2D eigenvalue weighted by Gasteiger charge is 2.20. The Morgan fingerprint density at radius 3 is 2.71 bits per heavy atom. The zero-order valence-electron chi connectivity index (χ0n) is 12.5. The third-order valence-corrected chi connectivity index (χ3v) is 3.30. The molecule has 1 atom stereocenters. The third-order valence-electron chi connectivity index (χ3n) is 3.30. The topological polar surface area (TPSA) is 71.5 Å². The van der Waals surface area contributed by atoms with Crippen molar-refractivity contribution in [3.05, 3.63) is 30.5 Å². The Bertz CT molecular complexity index is 640. The van der Waals surface area contributed by atoms with Crippen LogP contribution in [-0.2, 0) is 4.79 Å².